The lowest BCUT2D eigenvalue weighted by Crippen LogP contribution is -2.31. The zero-order valence-corrected chi connectivity index (χ0v) is 11.7. The Balaban J connectivity index is 1.88. The molecule has 4 heteroatoms. The molecule has 0 radical (unpaired) electrons. The van der Waals surface area contributed by atoms with Crippen LogP contribution in [0.2, 0.25) is 0 Å². The van der Waals surface area contributed by atoms with E-state index in [0.717, 1.165) is 10.5 Å². The van der Waals surface area contributed by atoms with Crippen molar-refractivity contribution in [3.63, 3.8) is 0 Å². The Bertz CT molecular complexity index is 781. The van der Waals surface area contributed by atoms with Crippen LogP contribution in [0.25, 0.3) is 6.08 Å². The molecule has 4 nitrogen and oxygen atoms in total. The number of benzene rings is 2. The summed E-state index contributed by atoms with van der Waals surface area (Å²) in [5.74, 6) is -0.704. The summed E-state index contributed by atoms with van der Waals surface area (Å²) in [6.45, 7) is -0.0161. The van der Waals surface area contributed by atoms with Crippen LogP contribution in [0.3, 0.4) is 0 Å². The highest BCUT2D eigenvalue weighted by Crippen LogP contribution is 2.23. The fraction of sp³-hybridized carbons (Fsp3) is 0.0556. The highest BCUT2D eigenvalue weighted by Gasteiger charge is 2.35. The summed E-state index contributed by atoms with van der Waals surface area (Å²) in [6, 6.07) is 18.1. The van der Waals surface area contributed by atoms with Gasteiger partial charge in [0.2, 0.25) is 0 Å². The van der Waals surface area contributed by atoms with Crippen LogP contribution in [0.4, 0.5) is 0 Å². The van der Waals surface area contributed by atoms with Gasteiger partial charge in [0.25, 0.3) is 11.8 Å². The van der Waals surface area contributed by atoms with Gasteiger partial charge in [-0.1, -0.05) is 42.5 Å². The number of nitrogens with zero attached hydrogens (tertiary/aromatic N) is 2. The molecule has 0 atom stereocenters. The molecule has 2 amide bonds. The Kier molecular flexibility index (Phi) is 3.55. The van der Waals surface area contributed by atoms with Gasteiger partial charge in [0, 0.05) is 0 Å². The Morgan fingerprint density at radius 1 is 0.955 bits per heavy atom. The second-order valence-electron chi connectivity index (χ2n) is 4.93. The van der Waals surface area contributed by atoms with E-state index in [9.17, 15) is 14.9 Å². The number of imide groups is 1. The number of fused-ring (bicyclic) bond motifs is 1. The second-order valence-corrected chi connectivity index (χ2v) is 4.93. The van der Waals surface area contributed by atoms with Crippen LogP contribution in [-0.2, 0) is 0 Å². The molecule has 0 fully saturated rings. The summed E-state index contributed by atoms with van der Waals surface area (Å²) in [4.78, 5) is 25.7. The lowest BCUT2D eigenvalue weighted by Gasteiger charge is -2.12. The van der Waals surface area contributed by atoms with E-state index < -0.39 is 0 Å². The molecule has 106 valence electrons. The van der Waals surface area contributed by atoms with E-state index in [1.807, 2.05) is 30.3 Å². The van der Waals surface area contributed by atoms with Crippen molar-refractivity contribution in [2.75, 3.05) is 6.54 Å². The highest BCUT2D eigenvalue weighted by molar-refractivity contribution is 6.21. The van der Waals surface area contributed by atoms with E-state index >= 15 is 0 Å². The van der Waals surface area contributed by atoms with Crippen molar-refractivity contribution in [2.24, 2.45) is 0 Å². The van der Waals surface area contributed by atoms with Gasteiger partial charge in [-0.25, -0.2) is 0 Å². The molecule has 0 saturated heterocycles. The fourth-order valence-corrected chi connectivity index (χ4v) is 2.42. The van der Waals surface area contributed by atoms with Gasteiger partial charge in [0.15, 0.2) is 0 Å². The molecule has 1 aliphatic rings. The normalized spacial score (nSPS) is 14.0. The Morgan fingerprint density at radius 2 is 1.50 bits per heavy atom. The molecule has 0 unspecified atom stereocenters. The van der Waals surface area contributed by atoms with Crippen molar-refractivity contribution in [3.05, 3.63) is 76.9 Å². The average Bonchev–Trinajstić information content (AvgIpc) is 2.80. The van der Waals surface area contributed by atoms with E-state index in [-0.39, 0.29) is 18.4 Å². The Labute approximate surface area is 127 Å². The molecule has 3 rings (SSSR count). The molecular formula is C18H12N2O2. The lowest BCUT2D eigenvalue weighted by molar-refractivity contribution is 0.0670. The third-order valence-electron chi connectivity index (χ3n) is 3.49. The van der Waals surface area contributed by atoms with E-state index in [1.54, 1.807) is 30.3 Å². The van der Waals surface area contributed by atoms with E-state index in [0.29, 0.717) is 16.7 Å². The summed E-state index contributed by atoms with van der Waals surface area (Å²) in [7, 11) is 0. The van der Waals surface area contributed by atoms with Gasteiger partial charge < -0.3 is 0 Å². The van der Waals surface area contributed by atoms with Gasteiger partial charge in [-0.2, -0.15) is 5.26 Å². The molecular weight excluding hydrogens is 276 g/mol. The first-order valence-corrected chi connectivity index (χ1v) is 6.81. The lowest BCUT2D eigenvalue weighted by atomic mass is 10.1. The van der Waals surface area contributed by atoms with Crippen LogP contribution in [0.5, 0.6) is 0 Å². The smallest absolute Gasteiger partial charge is 0.261 e. The van der Waals surface area contributed by atoms with Crippen LogP contribution in [0.15, 0.2) is 60.2 Å². The average molecular weight is 288 g/mol. The standard InChI is InChI=1S/C18H12N2O2/c19-11-14(10-13-6-2-1-3-7-13)12-20-17(21)15-8-4-5-9-16(15)18(20)22/h1-10H,12H2/b14-10+. The third-order valence-corrected chi connectivity index (χ3v) is 3.49. The number of carbonyl (C=O) groups is 2. The molecule has 0 bridgehead atoms. The Hall–Kier alpha value is -3.19. The minimum Gasteiger partial charge on any atom is -0.269 e. The fourth-order valence-electron chi connectivity index (χ4n) is 2.42. The van der Waals surface area contributed by atoms with Gasteiger partial charge in [-0.05, 0) is 23.8 Å². The number of amides is 2. The minimum atomic E-state index is -0.352. The molecule has 1 heterocycles. The first-order valence-electron chi connectivity index (χ1n) is 6.81. The molecule has 0 spiro atoms. The van der Waals surface area contributed by atoms with Gasteiger partial charge in [0.05, 0.1) is 29.3 Å². The number of nitriles is 1. The summed E-state index contributed by atoms with van der Waals surface area (Å²) in [5, 5.41) is 9.27. The highest BCUT2D eigenvalue weighted by atomic mass is 16.2. The van der Waals surface area contributed by atoms with Gasteiger partial charge >= 0.3 is 0 Å². The topological polar surface area (TPSA) is 61.2 Å². The molecule has 0 N–H and O–H groups in total. The second kappa shape index (κ2) is 5.66. The van der Waals surface area contributed by atoms with Crippen LogP contribution in [0, 0.1) is 11.3 Å². The maximum atomic E-state index is 12.3. The molecule has 0 saturated carbocycles. The predicted octanol–water partition coefficient (Wildman–Crippen LogP) is 2.89. The van der Waals surface area contributed by atoms with Crippen molar-refractivity contribution < 1.29 is 9.59 Å². The van der Waals surface area contributed by atoms with Crippen LogP contribution in [0.1, 0.15) is 26.3 Å². The van der Waals surface area contributed by atoms with Crippen molar-refractivity contribution in [3.8, 4) is 6.07 Å². The number of hydrogen-bond acceptors (Lipinski definition) is 3. The number of hydrogen-bond donors (Lipinski definition) is 0. The third kappa shape index (κ3) is 2.40. The zero-order valence-electron chi connectivity index (χ0n) is 11.7. The number of rotatable bonds is 3. The molecule has 2 aromatic rings. The number of carbonyl (C=O) groups excluding carboxylic acids is 2. The molecule has 2 aromatic carbocycles. The van der Waals surface area contributed by atoms with Crippen LogP contribution >= 0.6 is 0 Å². The first-order chi connectivity index (χ1) is 10.7. The van der Waals surface area contributed by atoms with Crippen molar-refractivity contribution in [1.82, 2.24) is 4.90 Å². The van der Waals surface area contributed by atoms with Crippen LogP contribution < -0.4 is 0 Å². The van der Waals surface area contributed by atoms with Crippen LogP contribution in [-0.4, -0.2) is 23.3 Å². The zero-order chi connectivity index (χ0) is 15.5. The molecule has 22 heavy (non-hydrogen) atoms. The summed E-state index contributed by atoms with van der Waals surface area (Å²) >= 11 is 0. The maximum absolute atomic E-state index is 12.3. The first kappa shape index (κ1) is 13.8. The van der Waals surface area contributed by atoms with E-state index in [1.165, 1.54) is 0 Å². The van der Waals surface area contributed by atoms with Gasteiger partial charge in [-0.3, -0.25) is 14.5 Å². The van der Waals surface area contributed by atoms with E-state index in [4.69, 9.17) is 0 Å². The SMILES string of the molecule is N#C/C(=C\c1ccccc1)CN1C(=O)c2ccccc2C1=O. The minimum absolute atomic E-state index is 0.0161. The largest absolute Gasteiger partial charge is 0.269 e. The molecule has 1 aliphatic heterocycles. The van der Waals surface area contributed by atoms with Gasteiger partial charge in [-0.15, -0.1) is 0 Å². The van der Waals surface area contributed by atoms with Crippen molar-refractivity contribution in [2.45, 2.75) is 0 Å². The maximum Gasteiger partial charge on any atom is 0.261 e. The Morgan fingerprint density at radius 3 is 2.05 bits per heavy atom. The van der Waals surface area contributed by atoms with Crippen molar-refractivity contribution >= 4 is 17.9 Å². The van der Waals surface area contributed by atoms with E-state index in [2.05, 4.69) is 6.07 Å². The van der Waals surface area contributed by atoms with Crippen molar-refractivity contribution in [1.29, 1.82) is 5.26 Å². The quantitative estimate of drug-likeness (QED) is 0.644. The summed E-state index contributed by atoms with van der Waals surface area (Å²) in [6.07, 6.45) is 1.68. The summed E-state index contributed by atoms with van der Waals surface area (Å²) in [5.41, 5.74) is 2.00. The monoisotopic (exact) mass is 288 g/mol. The summed E-state index contributed by atoms with van der Waals surface area (Å²) < 4.78 is 0. The predicted molar refractivity (Wildman–Crippen MR) is 81.8 cm³/mol. The molecule has 0 aliphatic carbocycles. The van der Waals surface area contributed by atoms with Gasteiger partial charge in [0.1, 0.15) is 0 Å². The molecule has 0 aromatic heterocycles.